The van der Waals surface area contributed by atoms with E-state index in [1.54, 1.807) is 41.3 Å². The Bertz CT molecular complexity index is 1580. The first kappa shape index (κ1) is 28.6. The van der Waals surface area contributed by atoms with Gasteiger partial charge in [-0.3, -0.25) is 4.79 Å². The van der Waals surface area contributed by atoms with Crippen LogP contribution in [0.1, 0.15) is 5.56 Å². The summed E-state index contributed by atoms with van der Waals surface area (Å²) < 4.78 is 56.6. The molecule has 212 valence electrons. The van der Waals surface area contributed by atoms with E-state index in [0.29, 0.717) is 31.2 Å². The van der Waals surface area contributed by atoms with E-state index in [1.807, 2.05) is 25.1 Å². The molecule has 3 aromatic carbocycles. The highest BCUT2D eigenvalue weighted by Gasteiger charge is 2.45. The van der Waals surface area contributed by atoms with Gasteiger partial charge >= 0.3 is 0 Å². The van der Waals surface area contributed by atoms with E-state index in [-0.39, 0.29) is 29.4 Å². The molecule has 2 heterocycles. The molecule has 1 amide bonds. The number of hydrogen-bond acceptors (Lipinski definition) is 6. The molecule has 0 bridgehead atoms. The number of amides is 1. The van der Waals surface area contributed by atoms with Crippen molar-refractivity contribution >= 4 is 43.2 Å². The minimum absolute atomic E-state index is 0.0606. The predicted octanol–water partition coefficient (Wildman–Crippen LogP) is 3.06. The topological polar surface area (TPSA) is 98.3 Å². The number of carbonyl (C=O) groups is 1. The first-order valence-electron chi connectivity index (χ1n) is 13.0. The Balaban J connectivity index is 1.41. The second-order valence-electron chi connectivity index (χ2n) is 9.86. The van der Waals surface area contributed by atoms with Gasteiger partial charge in [0.25, 0.3) is 0 Å². The predicted molar refractivity (Wildman–Crippen MR) is 154 cm³/mol. The average molecular weight is 603 g/mol. The van der Waals surface area contributed by atoms with Crippen LogP contribution in [0, 0.1) is 6.92 Å². The van der Waals surface area contributed by atoms with E-state index in [0.717, 1.165) is 15.6 Å². The minimum Gasteiger partial charge on any atom is -0.368 e. The number of benzene rings is 3. The molecule has 2 fully saturated rings. The molecule has 12 heteroatoms. The van der Waals surface area contributed by atoms with Crippen LogP contribution < -0.4 is 4.90 Å². The maximum absolute atomic E-state index is 14.0. The molecule has 2 aliphatic rings. The van der Waals surface area contributed by atoms with Crippen molar-refractivity contribution in [3.63, 3.8) is 0 Å². The fourth-order valence-corrected chi connectivity index (χ4v) is 8.43. The number of carbonyl (C=O) groups excluding carboxylic acids is 1. The van der Waals surface area contributed by atoms with E-state index in [2.05, 4.69) is 4.90 Å². The third-order valence-corrected chi connectivity index (χ3v) is 11.4. The monoisotopic (exact) mass is 602 g/mol. The molecule has 0 N–H and O–H groups in total. The third-order valence-electron chi connectivity index (χ3n) is 7.41. The molecule has 0 spiro atoms. The second kappa shape index (κ2) is 11.5. The third kappa shape index (κ3) is 5.61. The van der Waals surface area contributed by atoms with Crippen molar-refractivity contribution in [1.82, 2.24) is 13.5 Å². The summed E-state index contributed by atoms with van der Waals surface area (Å²) >= 11 is 6.21. The minimum atomic E-state index is -4.05. The van der Waals surface area contributed by atoms with Crippen molar-refractivity contribution in [2.24, 2.45) is 0 Å². The Hall–Kier alpha value is -2.96. The number of halogens is 1. The van der Waals surface area contributed by atoms with Gasteiger partial charge in [0.15, 0.2) is 0 Å². The van der Waals surface area contributed by atoms with Crippen LogP contribution in [0.2, 0.25) is 5.02 Å². The van der Waals surface area contributed by atoms with Gasteiger partial charge in [0.1, 0.15) is 6.04 Å². The van der Waals surface area contributed by atoms with Gasteiger partial charge in [-0.05, 0) is 48.9 Å². The van der Waals surface area contributed by atoms with Crippen molar-refractivity contribution in [2.75, 3.05) is 50.7 Å². The maximum atomic E-state index is 14.0. The maximum Gasteiger partial charge on any atom is 0.243 e. The molecule has 2 saturated heterocycles. The number of aryl methyl sites for hydroxylation is 1. The van der Waals surface area contributed by atoms with Gasteiger partial charge in [-0.1, -0.05) is 54.1 Å². The molecule has 3 aromatic rings. The Morgan fingerprint density at radius 1 is 0.750 bits per heavy atom. The van der Waals surface area contributed by atoms with Gasteiger partial charge < -0.3 is 9.80 Å². The summed E-state index contributed by atoms with van der Waals surface area (Å²) in [6, 6.07) is 20.4. The zero-order chi connectivity index (χ0) is 28.5. The quantitative estimate of drug-likeness (QED) is 0.430. The zero-order valence-corrected chi connectivity index (χ0v) is 24.4. The molecule has 0 aromatic heterocycles. The van der Waals surface area contributed by atoms with Crippen molar-refractivity contribution < 1.29 is 21.6 Å². The highest BCUT2D eigenvalue weighted by Crippen LogP contribution is 2.28. The number of anilines is 1. The summed E-state index contributed by atoms with van der Waals surface area (Å²) in [7, 11) is -7.98. The van der Waals surface area contributed by atoms with Crippen molar-refractivity contribution in [3.8, 4) is 0 Å². The molecule has 1 atom stereocenters. The zero-order valence-electron chi connectivity index (χ0n) is 22.1. The summed E-state index contributed by atoms with van der Waals surface area (Å²) in [6.07, 6.45) is 0. The number of hydrogen-bond donors (Lipinski definition) is 0. The lowest BCUT2D eigenvalue weighted by atomic mass is 10.1. The van der Waals surface area contributed by atoms with E-state index in [4.69, 9.17) is 11.6 Å². The Morgan fingerprint density at radius 2 is 1.32 bits per heavy atom. The number of nitrogens with zero attached hydrogens (tertiary/aromatic N) is 4. The average Bonchev–Trinajstić information content (AvgIpc) is 2.98. The van der Waals surface area contributed by atoms with Crippen molar-refractivity contribution in [1.29, 1.82) is 0 Å². The van der Waals surface area contributed by atoms with Crippen molar-refractivity contribution in [2.45, 2.75) is 22.8 Å². The van der Waals surface area contributed by atoms with Crippen LogP contribution in [0.25, 0.3) is 0 Å². The van der Waals surface area contributed by atoms with Crippen molar-refractivity contribution in [3.05, 3.63) is 89.4 Å². The molecular weight excluding hydrogens is 572 g/mol. The molecule has 9 nitrogen and oxygen atoms in total. The van der Waals surface area contributed by atoms with E-state index in [9.17, 15) is 21.6 Å². The van der Waals surface area contributed by atoms with Crippen LogP contribution in [0.4, 0.5) is 5.69 Å². The molecule has 2 aliphatic heterocycles. The number of piperazine rings is 2. The molecule has 0 radical (unpaired) electrons. The summed E-state index contributed by atoms with van der Waals surface area (Å²) in [5.74, 6) is -0.407. The summed E-state index contributed by atoms with van der Waals surface area (Å²) in [6.45, 7) is 3.34. The van der Waals surface area contributed by atoms with E-state index < -0.39 is 32.0 Å². The summed E-state index contributed by atoms with van der Waals surface area (Å²) in [5.41, 5.74) is 2.06. The van der Waals surface area contributed by atoms with Crippen LogP contribution in [-0.4, -0.2) is 88.1 Å². The lowest BCUT2D eigenvalue weighted by Gasteiger charge is -2.43. The van der Waals surface area contributed by atoms with Gasteiger partial charge in [0.2, 0.25) is 26.0 Å². The van der Waals surface area contributed by atoms with Crippen LogP contribution >= 0.6 is 11.6 Å². The van der Waals surface area contributed by atoms with Gasteiger partial charge in [-0.2, -0.15) is 8.61 Å². The second-order valence-corrected chi connectivity index (χ2v) is 14.1. The summed E-state index contributed by atoms with van der Waals surface area (Å²) in [4.78, 5) is 17.9. The smallest absolute Gasteiger partial charge is 0.243 e. The SMILES string of the molecule is Cc1ccc(Cl)cc1N1CCN(C(=O)[C@@H]2CN(S(=O)(=O)c3ccccc3)CCN2S(=O)(=O)c2ccccc2)CC1. The lowest BCUT2D eigenvalue weighted by Crippen LogP contribution is -2.63. The Kier molecular flexibility index (Phi) is 8.21. The molecule has 0 aliphatic carbocycles. The van der Waals surface area contributed by atoms with Gasteiger partial charge in [0, 0.05) is 56.5 Å². The van der Waals surface area contributed by atoms with Crippen LogP contribution in [0.15, 0.2) is 88.7 Å². The lowest BCUT2D eigenvalue weighted by molar-refractivity contribution is -0.136. The highest BCUT2D eigenvalue weighted by atomic mass is 35.5. The summed E-state index contributed by atoms with van der Waals surface area (Å²) in [5, 5.41) is 0.628. The van der Waals surface area contributed by atoms with E-state index >= 15 is 0 Å². The number of sulfonamides is 2. The fraction of sp³-hybridized carbons (Fsp3) is 0.321. The Morgan fingerprint density at radius 3 is 1.93 bits per heavy atom. The highest BCUT2D eigenvalue weighted by molar-refractivity contribution is 7.89. The largest absolute Gasteiger partial charge is 0.368 e. The standard InChI is InChI=1S/C28H31ClN4O5S2/c1-22-12-13-23(29)20-26(22)30-14-16-31(17-15-30)28(34)27-21-32(39(35,36)24-8-4-2-5-9-24)18-19-33(27)40(37,38)25-10-6-3-7-11-25/h2-13,20,27H,14-19,21H2,1H3/t27-/m0/s1. The van der Waals surface area contributed by atoms with Crippen LogP contribution in [0.3, 0.4) is 0 Å². The van der Waals surface area contributed by atoms with E-state index in [1.165, 1.54) is 28.6 Å². The first-order chi connectivity index (χ1) is 19.1. The van der Waals surface area contributed by atoms with Crippen LogP contribution in [0.5, 0.6) is 0 Å². The Labute approximate surface area is 240 Å². The first-order valence-corrected chi connectivity index (χ1v) is 16.3. The van der Waals surface area contributed by atoms with Gasteiger partial charge in [0.05, 0.1) is 9.79 Å². The molecule has 0 saturated carbocycles. The molecule has 5 rings (SSSR count). The van der Waals surface area contributed by atoms with Gasteiger partial charge in [-0.25, -0.2) is 16.8 Å². The normalized spacial score (nSPS) is 19.5. The van der Waals surface area contributed by atoms with Gasteiger partial charge in [-0.15, -0.1) is 0 Å². The van der Waals surface area contributed by atoms with Crippen LogP contribution in [-0.2, 0) is 24.8 Å². The number of rotatable bonds is 6. The molecule has 0 unspecified atom stereocenters. The molecule has 40 heavy (non-hydrogen) atoms. The molecular formula is C28H31ClN4O5S2. The fourth-order valence-electron chi connectivity index (χ4n) is 5.22.